The number of nitrogens with one attached hydrogen (secondary N) is 1. The molecule has 0 spiro atoms. The van der Waals surface area contributed by atoms with E-state index in [0.717, 1.165) is 29.6 Å². The minimum atomic E-state index is 0.544. The number of H-pyrrole nitrogens is 1. The first-order valence-electron chi connectivity index (χ1n) is 6.85. The van der Waals surface area contributed by atoms with Gasteiger partial charge in [0.15, 0.2) is 0 Å². The third-order valence-corrected chi connectivity index (χ3v) is 4.49. The average Bonchev–Trinajstić information content (AvgIpc) is 2.99. The van der Waals surface area contributed by atoms with Crippen molar-refractivity contribution in [2.45, 2.75) is 39.2 Å². The Bertz CT molecular complexity index is 545. The molecular weight excluding hydrogens is 256 g/mol. The van der Waals surface area contributed by atoms with Crippen molar-refractivity contribution in [2.75, 3.05) is 13.1 Å². The molecule has 0 amide bonds. The molecule has 3 heterocycles. The van der Waals surface area contributed by atoms with Crippen LogP contribution in [0.15, 0.2) is 11.6 Å². The minimum absolute atomic E-state index is 0.544. The molecule has 0 radical (unpaired) electrons. The van der Waals surface area contributed by atoms with Crippen molar-refractivity contribution in [3.63, 3.8) is 0 Å². The average molecular weight is 276 g/mol. The fourth-order valence-electron chi connectivity index (χ4n) is 2.77. The second-order valence-corrected chi connectivity index (χ2v) is 6.45. The van der Waals surface area contributed by atoms with Crippen LogP contribution in [-0.4, -0.2) is 32.9 Å². The van der Waals surface area contributed by atoms with Crippen LogP contribution in [0.1, 0.15) is 41.0 Å². The Hall–Kier alpha value is -1.20. The number of likely N-dealkylation sites (tertiary alicyclic amines) is 1. The van der Waals surface area contributed by atoms with E-state index < -0.39 is 0 Å². The molecule has 4 nitrogen and oxygen atoms in total. The Labute approximate surface area is 117 Å². The van der Waals surface area contributed by atoms with Gasteiger partial charge in [0.1, 0.15) is 5.82 Å². The van der Waals surface area contributed by atoms with Crippen molar-refractivity contribution in [1.82, 2.24) is 19.9 Å². The standard InChI is InChI=1S/C14H20N4S/c1-10-6-15-14(16-10)12-4-3-5-18(7-12)8-13-9-19-11(2)17-13/h6,9,12H,3-5,7-8H2,1-2H3,(H,15,16)/t12-/m1/s1. The third-order valence-electron chi connectivity index (χ3n) is 3.67. The second kappa shape index (κ2) is 5.43. The molecule has 2 aromatic rings. The SMILES string of the molecule is Cc1cnc([C@@H]2CCCN(Cc3csc(C)n3)C2)[nH]1. The number of hydrogen-bond donors (Lipinski definition) is 1. The van der Waals surface area contributed by atoms with Crippen LogP contribution in [0.3, 0.4) is 0 Å². The van der Waals surface area contributed by atoms with Gasteiger partial charge in [-0.25, -0.2) is 9.97 Å². The van der Waals surface area contributed by atoms with E-state index in [-0.39, 0.29) is 0 Å². The van der Waals surface area contributed by atoms with Gasteiger partial charge in [-0.05, 0) is 33.2 Å². The molecule has 5 heteroatoms. The minimum Gasteiger partial charge on any atom is -0.346 e. The molecule has 1 atom stereocenters. The van der Waals surface area contributed by atoms with E-state index in [2.05, 4.69) is 39.1 Å². The summed E-state index contributed by atoms with van der Waals surface area (Å²) in [5.41, 5.74) is 2.36. The summed E-state index contributed by atoms with van der Waals surface area (Å²) in [5, 5.41) is 3.33. The predicted molar refractivity (Wildman–Crippen MR) is 77.4 cm³/mol. The van der Waals surface area contributed by atoms with Crippen LogP contribution in [-0.2, 0) is 6.54 Å². The van der Waals surface area contributed by atoms with Crippen molar-refractivity contribution >= 4 is 11.3 Å². The molecule has 1 aliphatic heterocycles. The Kier molecular flexibility index (Phi) is 3.66. The number of hydrogen-bond acceptors (Lipinski definition) is 4. The maximum absolute atomic E-state index is 4.56. The first-order valence-corrected chi connectivity index (χ1v) is 7.73. The van der Waals surface area contributed by atoms with E-state index in [1.807, 2.05) is 6.20 Å². The molecule has 1 N–H and O–H groups in total. The lowest BCUT2D eigenvalue weighted by molar-refractivity contribution is 0.195. The molecule has 1 aliphatic rings. The maximum Gasteiger partial charge on any atom is 0.110 e. The summed E-state index contributed by atoms with van der Waals surface area (Å²) < 4.78 is 0. The smallest absolute Gasteiger partial charge is 0.110 e. The molecule has 1 fully saturated rings. The highest BCUT2D eigenvalue weighted by molar-refractivity contribution is 7.09. The number of imidazole rings is 1. The first-order chi connectivity index (χ1) is 9.20. The number of rotatable bonds is 3. The lowest BCUT2D eigenvalue weighted by atomic mass is 9.97. The van der Waals surface area contributed by atoms with Crippen LogP contribution in [0.5, 0.6) is 0 Å². The first kappa shape index (κ1) is 12.8. The molecule has 1 saturated heterocycles. The molecule has 3 rings (SSSR count). The van der Waals surface area contributed by atoms with Gasteiger partial charge in [0, 0.05) is 36.3 Å². The largest absolute Gasteiger partial charge is 0.346 e. The quantitative estimate of drug-likeness (QED) is 0.937. The highest BCUT2D eigenvalue weighted by Crippen LogP contribution is 2.26. The van der Waals surface area contributed by atoms with Crippen LogP contribution in [0.25, 0.3) is 0 Å². The molecule has 0 unspecified atom stereocenters. The van der Waals surface area contributed by atoms with Gasteiger partial charge < -0.3 is 4.98 Å². The van der Waals surface area contributed by atoms with Gasteiger partial charge in [-0.1, -0.05) is 0 Å². The van der Waals surface area contributed by atoms with Crippen molar-refractivity contribution in [2.24, 2.45) is 0 Å². The normalized spacial score (nSPS) is 20.8. The van der Waals surface area contributed by atoms with E-state index in [1.54, 1.807) is 11.3 Å². The van der Waals surface area contributed by atoms with E-state index in [9.17, 15) is 0 Å². The van der Waals surface area contributed by atoms with Gasteiger partial charge in [-0.3, -0.25) is 4.90 Å². The lowest BCUT2D eigenvalue weighted by Gasteiger charge is -2.31. The predicted octanol–water partition coefficient (Wildman–Crippen LogP) is 2.86. The summed E-state index contributed by atoms with van der Waals surface area (Å²) in [6, 6.07) is 0. The van der Waals surface area contributed by atoms with Gasteiger partial charge >= 0.3 is 0 Å². The highest BCUT2D eigenvalue weighted by atomic mass is 32.1. The molecule has 0 bridgehead atoms. The zero-order chi connectivity index (χ0) is 13.2. The van der Waals surface area contributed by atoms with Gasteiger partial charge in [-0.15, -0.1) is 11.3 Å². The summed E-state index contributed by atoms with van der Waals surface area (Å²) in [5.74, 6) is 1.69. The van der Waals surface area contributed by atoms with Gasteiger partial charge in [-0.2, -0.15) is 0 Å². The molecule has 0 saturated carbocycles. The van der Waals surface area contributed by atoms with Crippen LogP contribution in [0.2, 0.25) is 0 Å². The monoisotopic (exact) mass is 276 g/mol. The summed E-state index contributed by atoms with van der Waals surface area (Å²) in [4.78, 5) is 14.9. The Balaban J connectivity index is 1.64. The number of piperidine rings is 1. The van der Waals surface area contributed by atoms with E-state index in [1.165, 1.54) is 25.1 Å². The van der Waals surface area contributed by atoms with Crippen molar-refractivity contribution in [1.29, 1.82) is 0 Å². The van der Waals surface area contributed by atoms with Crippen molar-refractivity contribution in [3.8, 4) is 0 Å². The molecule has 0 aromatic carbocycles. The van der Waals surface area contributed by atoms with Crippen molar-refractivity contribution < 1.29 is 0 Å². The third kappa shape index (κ3) is 3.04. The Morgan fingerprint density at radius 2 is 2.37 bits per heavy atom. The van der Waals surface area contributed by atoms with E-state index in [0.29, 0.717) is 5.92 Å². The molecule has 102 valence electrons. The van der Waals surface area contributed by atoms with Crippen LogP contribution >= 0.6 is 11.3 Å². The zero-order valence-electron chi connectivity index (χ0n) is 11.5. The Morgan fingerprint density at radius 3 is 3.05 bits per heavy atom. The fourth-order valence-corrected chi connectivity index (χ4v) is 3.38. The van der Waals surface area contributed by atoms with Crippen molar-refractivity contribution in [3.05, 3.63) is 33.8 Å². The van der Waals surface area contributed by atoms with Gasteiger partial charge in [0.2, 0.25) is 0 Å². The van der Waals surface area contributed by atoms with E-state index in [4.69, 9.17) is 0 Å². The summed E-state index contributed by atoms with van der Waals surface area (Å²) in [6.45, 7) is 7.37. The number of aromatic nitrogens is 3. The number of aryl methyl sites for hydroxylation is 2. The summed E-state index contributed by atoms with van der Waals surface area (Å²) in [6.07, 6.45) is 4.41. The van der Waals surface area contributed by atoms with Crippen LogP contribution < -0.4 is 0 Å². The van der Waals surface area contributed by atoms with E-state index >= 15 is 0 Å². The summed E-state index contributed by atoms with van der Waals surface area (Å²) in [7, 11) is 0. The highest BCUT2D eigenvalue weighted by Gasteiger charge is 2.23. The molecular formula is C14H20N4S. The zero-order valence-corrected chi connectivity index (χ0v) is 12.3. The molecule has 2 aromatic heterocycles. The molecule has 19 heavy (non-hydrogen) atoms. The number of nitrogens with zero attached hydrogens (tertiary/aromatic N) is 3. The second-order valence-electron chi connectivity index (χ2n) is 5.38. The Morgan fingerprint density at radius 1 is 1.47 bits per heavy atom. The van der Waals surface area contributed by atoms with Gasteiger partial charge in [0.25, 0.3) is 0 Å². The lowest BCUT2D eigenvalue weighted by Crippen LogP contribution is -2.34. The topological polar surface area (TPSA) is 44.8 Å². The summed E-state index contributed by atoms with van der Waals surface area (Å²) >= 11 is 1.74. The molecule has 0 aliphatic carbocycles. The van der Waals surface area contributed by atoms with Gasteiger partial charge in [0.05, 0.1) is 10.7 Å². The fraction of sp³-hybridized carbons (Fsp3) is 0.571. The van der Waals surface area contributed by atoms with Crippen LogP contribution in [0.4, 0.5) is 0 Å². The number of aromatic amines is 1. The number of thiazole rings is 1. The van der Waals surface area contributed by atoms with Crippen LogP contribution in [0, 0.1) is 13.8 Å². The maximum atomic E-state index is 4.56.